The molecule has 1 fully saturated rings. The summed E-state index contributed by atoms with van der Waals surface area (Å²) in [5.41, 5.74) is 0.471. The van der Waals surface area contributed by atoms with Crippen LogP contribution in [0.1, 0.15) is 43.0 Å². The molecule has 8 nitrogen and oxygen atoms in total. The van der Waals surface area contributed by atoms with Gasteiger partial charge >= 0.3 is 0 Å². The maximum atomic E-state index is 13.5. The van der Waals surface area contributed by atoms with E-state index in [1.807, 2.05) is 0 Å². The highest BCUT2D eigenvalue weighted by Crippen LogP contribution is 2.35. The molecule has 10 heteroatoms. The lowest BCUT2D eigenvalue weighted by Gasteiger charge is -2.18. The van der Waals surface area contributed by atoms with E-state index in [9.17, 15) is 14.0 Å². The monoisotopic (exact) mass is 443 g/mol. The van der Waals surface area contributed by atoms with Crippen LogP contribution >= 0.6 is 11.3 Å². The maximum absolute atomic E-state index is 13.5. The Morgan fingerprint density at radius 3 is 2.81 bits per heavy atom. The number of carbonyl (C=O) groups is 1. The van der Waals surface area contributed by atoms with E-state index in [0.29, 0.717) is 22.3 Å². The summed E-state index contributed by atoms with van der Waals surface area (Å²) in [4.78, 5) is 24.7. The van der Waals surface area contributed by atoms with Gasteiger partial charge in [0.25, 0.3) is 5.56 Å². The van der Waals surface area contributed by atoms with Crippen LogP contribution in [0.5, 0.6) is 5.75 Å². The van der Waals surface area contributed by atoms with Gasteiger partial charge in [-0.2, -0.15) is 5.10 Å². The van der Waals surface area contributed by atoms with Crippen molar-refractivity contribution in [1.82, 2.24) is 20.0 Å². The van der Waals surface area contributed by atoms with Crippen molar-refractivity contribution < 1.29 is 13.9 Å². The van der Waals surface area contributed by atoms with Gasteiger partial charge in [0, 0.05) is 23.6 Å². The predicted octanol–water partition coefficient (Wildman–Crippen LogP) is 3.60. The molecule has 0 bridgehead atoms. The number of hydrogen-bond donors (Lipinski definition) is 1. The second kappa shape index (κ2) is 9.34. The fourth-order valence-electron chi connectivity index (χ4n) is 3.68. The molecule has 1 saturated carbocycles. The van der Waals surface area contributed by atoms with Crippen LogP contribution in [0.25, 0.3) is 11.3 Å². The molecule has 2 heterocycles. The molecule has 31 heavy (non-hydrogen) atoms. The molecule has 0 atom stereocenters. The molecule has 162 valence electrons. The van der Waals surface area contributed by atoms with Gasteiger partial charge in [0.1, 0.15) is 23.1 Å². The van der Waals surface area contributed by atoms with Gasteiger partial charge in [-0.25, -0.2) is 9.07 Å². The highest BCUT2D eigenvalue weighted by atomic mass is 32.1. The first kappa shape index (κ1) is 21.1. The van der Waals surface area contributed by atoms with Gasteiger partial charge in [-0.1, -0.05) is 30.6 Å². The molecule has 1 aliphatic carbocycles. The molecule has 0 spiro atoms. The lowest BCUT2D eigenvalue weighted by Crippen LogP contribution is -2.29. The number of nitrogens with zero attached hydrogens (tertiary/aromatic N) is 4. The second-order valence-electron chi connectivity index (χ2n) is 7.39. The molecular formula is C21H22FN5O3S. The Labute approximate surface area is 182 Å². The van der Waals surface area contributed by atoms with Gasteiger partial charge in [-0.3, -0.25) is 14.9 Å². The standard InChI is InChI=1S/C21H22FN5O3S/c1-30-17-11-14(22)7-8-15(17)16-9-10-19(29)27(26-16)12-18(28)23-21-25-24-20(31-21)13-5-3-2-4-6-13/h7-11,13H,2-6,12H2,1H3,(H,23,25,28). The lowest BCUT2D eigenvalue weighted by molar-refractivity contribution is -0.117. The van der Waals surface area contributed by atoms with Gasteiger partial charge < -0.3 is 4.74 Å². The molecule has 1 aliphatic rings. The maximum Gasteiger partial charge on any atom is 0.267 e. The van der Waals surface area contributed by atoms with Crippen molar-refractivity contribution in [3.63, 3.8) is 0 Å². The Morgan fingerprint density at radius 2 is 2.03 bits per heavy atom. The number of hydrogen-bond acceptors (Lipinski definition) is 7. The molecule has 0 aliphatic heterocycles. The summed E-state index contributed by atoms with van der Waals surface area (Å²) in [5, 5.41) is 16.6. The number of carbonyl (C=O) groups excluding carboxylic acids is 1. The quantitative estimate of drug-likeness (QED) is 0.625. The highest BCUT2D eigenvalue weighted by Gasteiger charge is 2.20. The average Bonchev–Trinajstić information content (AvgIpc) is 3.24. The number of ether oxygens (including phenoxy) is 1. The molecule has 3 aromatic rings. The average molecular weight is 444 g/mol. The van der Waals surface area contributed by atoms with Crippen LogP contribution in [0.3, 0.4) is 0 Å². The summed E-state index contributed by atoms with van der Waals surface area (Å²) in [6, 6.07) is 6.84. The molecule has 1 amide bonds. The zero-order valence-electron chi connectivity index (χ0n) is 17.0. The van der Waals surface area contributed by atoms with Crippen LogP contribution in [-0.2, 0) is 11.3 Å². The first-order valence-electron chi connectivity index (χ1n) is 10.1. The molecule has 0 unspecified atom stereocenters. The number of amides is 1. The van der Waals surface area contributed by atoms with Crippen molar-refractivity contribution in [2.24, 2.45) is 0 Å². The number of anilines is 1. The van der Waals surface area contributed by atoms with E-state index in [0.717, 1.165) is 22.5 Å². The van der Waals surface area contributed by atoms with E-state index in [-0.39, 0.29) is 12.3 Å². The number of nitrogens with one attached hydrogen (secondary N) is 1. The third-order valence-electron chi connectivity index (χ3n) is 5.24. The van der Waals surface area contributed by atoms with Crippen LogP contribution in [0.2, 0.25) is 0 Å². The van der Waals surface area contributed by atoms with E-state index < -0.39 is 17.3 Å². The summed E-state index contributed by atoms with van der Waals surface area (Å²) < 4.78 is 19.7. The van der Waals surface area contributed by atoms with Crippen molar-refractivity contribution in [2.45, 2.75) is 44.6 Å². The van der Waals surface area contributed by atoms with Gasteiger partial charge in [0.05, 0.1) is 12.8 Å². The van der Waals surface area contributed by atoms with Gasteiger partial charge in [0.2, 0.25) is 11.0 Å². The van der Waals surface area contributed by atoms with Gasteiger partial charge in [-0.15, -0.1) is 10.2 Å². The predicted molar refractivity (Wildman–Crippen MR) is 115 cm³/mol. The first-order valence-corrected chi connectivity index (χ1v) is 10.9. The van der Waals surface area contributed by atoms with Crippen LogP contribution in [0.4, 0.5) is 9.52 Å². The summed E-state index contributed by atoms with van der Waals surface area (Å²) in [5.74, 6) is -0.183. The Kier molecular flexibility index (Phi) is 6.36. The minimum absolute atomic E-state index is 0.283. The molecule has 4 rings (SSSR count). The van der Waals surface area contributed by atoms with Crippen molar-refractivity contribution in [3.8, 4) is 17.0 Å². The van der Waals surface area contributed by atoms with Crippen LogP contribution in [0.15, 0.2) is 35.1 Å². The molecule has 0 saturated heterocycles. The zero-order chi connectivity index (χ0) is 21.8. The third-order valence-corrected chi connectivity index (χ3v) is 6.24. The number of benzene rings is 1. The largest absolute Gasteiger partial charge is 0.496 e. The second-order valence-corrected chi connectivity index (χ2v) is 8.40. The Balaban J connectivity index is 1.48. The van der Waals surface area contributed by atoms with Crippen LogP contribution < -0.4 is 15.6 Å². The minimum atomic E-state index is -0.446. The Morgan fingerprint density at radius 1 is 1.23 bits per heavy atom. The summed E-state index contributed by atoms with van der Waals surface area (Å²) in [6.07, 6.45) is 5.83. The van der Waals surface area contributed by atoms with E-state index in [2.05, 4.69) is 20.6 Å². The molecule has 2 aromatic heterocycles. The van der Waals surface area contributed by atoms with E-state index >= 15 is 0 Å². The van der Waals surface area contributed by atoms with E-state index in [1.54, 1.807) is 0 Å². The summed E-state index contributed by atoms with van der Waals surface area (Å²) in [7, 11) is 1.42. The van der Waals surface area contributed by atoms with Crippen molar-refractivity contribution in [2.75, 3.05) is 12.4 Å². The normalized spacial score (nSPS) is 14.4. The highest BCUT2D eigenvalue weighted by molar-refractivity contribution is 7.15. The molecular weight excluding hydrogens is 421 g/mol. The molecule has 1 N–H and O–H groups in total. The number of aromatic nitrogens is 4. The van der Waals surface area contributed by atoms with Gasteiger partial charge in [0.15, 0.2) is 0 Å². The lowest BCUT2D eigenvalue weighted by atomic mass is 9.90. The number of rotatable bonds is 6. The Bertz CT molecular complexity index is 1140. The summed E-state index contributed by atoms with van der Waals surface area (Å²) >= 11 is 1.37. The fraction of sp³-hybridized carbons (Fsp3) is 0.381. The topological polar surface area (TPSA) is 99.0 Å². The van der Waals surface area contributed by atoms with Crippen molar-refractivity contribution in [1.29, 1.82) is 0 Å². The first-order chi connectivity index (χ1) is 15.0. The van der Waals surface area contributed by atoms with Crippen LogP contribution in [0, 0.1) is 5.82 Å². The zero-order valence-corrected chi connectivity index (χ0v) is 17.8. The smallest absolute Gasteiger partial charge is 0.267 e. The fourth-order valence-corrected chi connectivity index (χ4v) is 4.61. The Hall–Kier alpha value is -3.14. The van der Waals surface area contributed by atoms with Crippen molar-refractivity contribution in [3.05, 3.63) is 51.5 Å². The number of halogens is 1. The third kappa shape index (κ3) is 4.96. The van der Waals surface area contributed by atoms with Gasteiger partial charge in [-0.05, 0) is 31.0 Å². The van der Waals surface area contributed by atoms with E-state index in [4.69, 9.17) is 4.74 Å². The van der Waals surface area contributed by atoms with Crippen LogP contribution in [-0.4, -0.2) is 33.0 Å². The minimum Gasteiger partial charge on any atom is -0.496 e. The number of methoxy groups -OCH3 is 1. The summed E-state index contributed by atoms with van der Waals surface area (Å²) in [6.45, 7) is -0.283. The molecule has 0 radical (unpaired) electrons. The van der Waals surface area contributed by atoms with E-state index in [1.165, 1.54) is 68.0 Å². The molecule has 1 aromatic carbocycles. The van der Waals surface area contributed by atoms with Crippen molar-refractivity contribution >= 4 is 22.4 Å². The SMILES string of the molecule is COc1cc(F)ccc1-c1ccc(=O)n(CC(=O)Nc2nnc(C3CCCCC3)s2)n1.